The van der Waals surface area contributed by atoms with Crippen LogP contribution in [0.1, 0.15) is 19.0 Å². The van der Waals surface area contributed by atoms with Gasteiger partial charge in [-0.2, -0.15) is 0 Å². The number of aromatic nitrogens is 2. The van der Waals surface area contributed by atoms with Crippen LogP contribution < -0.4 is 10.3 Å². The minimum Gasteiger partial charge on any atom is -0.497 e. The third-order valence-electron chi connectivity index (χ3n) is 3.41. The summed E-state index contributed by atoms with van der Waals surface area (Å²) in [5.74, 6) is 2.63. The zero-order chi connectivity index (χ0) is 15.5. The molecule has 0 saturated carbocycles. The summed E-state index contributed by atoms with van der Waals surface area (Å²) >= 11 is 3.25. The van der Waals surface area contributed by atoms with Gasteiger partial charge < -0.3 is 4.74 Å². The number of thioether (sulfide) groups is 2. The van der Waals surface area contributed by atoms with Gasteiger partial charge in [-0.15, -0.1) is 11.8 Å². The third-order valence-corrected chi connectivity index (χ3v) is 5.66. The monoisotopic (exact) mass is 334 g/mol. The zero-order valence-electron chi connectivity index (χ0n) is 12.7. The van der Waals surface area contributed by atoms with E-state index < -0.39 is 0 Å². The molecule has 0 radical (unpaired) electrons. The largest absolute Gasteiger partial charge is 0.497 e. The fraction of sp³-hybridized carbons (Fsp3) is 0.375. The number of methoxy groups -OCH3 is 1. The van der Waals surface area contributed by atoms with Crippen molar-refractivity contribution in [3.05, 3.63) is 40.3 Å². The van der Waals surface area contributed by atoms with Gasteiger partial charge in [-0.3, -0.25) is 9.36 Å². The van der Waals surface area contributed by atoms with E-state index in [0.717, 1.165) is 51.5 Å². The molecule has 0 bridgehead atoms. The van der Waals surface area contributed by atoms with Crippen molar-refractivity contribution in [1.82, 2.24) is 9.55 Å². The summed E-state index contributed by atoms with van der Waals surface area (Å²) in [5, 5.41) is 0.779. The highest BCUT2D eigenvalue weighted by Crippen LogP contribution is 2.30. The van der Waals surface area contributed by atoms with Crippen LogP contribution in [0.15, 0.2) is 39.1 Å². The van der Waals surface area contributed by atoms with Gasteiger partial charge in [0.15, 0.2) is 5.16 Å². The van der Waals surface area contributed by atoms with E-state index in [1.165, 1.54) is 0 Å². The summed E-state index contributed by atoms with van der Waals surface area (Å²) in [6, 6.07) is 7.58. The first-order valence-corrected chi connectivity index (χ1v) is 9.27. The lowest BCUT2D eigenvalue weighted by atomic mass is 10.3. The highest BCUT2D eigenvalue weighted by atomic mass is 32.2. The lowest BCUT2D eigenvalue weighted by Gasteiger charge is -2.14. The van der Waals surface area contributed by atoms with E-state index in [0.29, 0.717) is 0 Å². The fourth-order valence-electron chi connectivity index (χ4n) is 2.36. The third kappa shape index (κ3) is 2.90. The van der Waals surface area contributed by atoms with Gasteiger partial charge in [-0.25, -0.2) is 4.98 Å². The number of aryl methyl sites for hydroxylation is 1. The molecule has 2 heterocycles. The Morgan fingerprint density at radius 1 is 1.45 bits per heavy atom. The zero-order valence-corrected chi connectivity index (χ0v) is 14.3. The van der Waals surface area contributed by atoms with Crippen LogP contribution in [-0.4, -0.2) is 28.2 Å². The first kappa shape index (κ1) is 15.5. The van der Waals surface area contributed by atoms with Crippen LogP contribution in [0, 0.1) is 0 Å². The molecule has 2 aromatic rings. The van der Waals surface area contributed by atoms with Crippen LogP contribution in [0.3, 0.4) is 0 Å². The Labute approximate surface area is 138 Å². The van der Waals surface area contributed by atoms with Crippen LogP contribution in [0.25, 0.3) is 5.69 Å². The van der Waals surface area contributed by atoms with Crippen molar-refractivity contribution in [3.8, 4) is 11.4 Å². The minimum absolute atomic E-state index is 0.0411. The fourth-order valence-corrected chi connectivity index (χ4v) is 4.27. The molecule has 1 aliphatic rings. The quantitative estimate of drug-likeness (QED) is 0.619. The van der Waals surface area contributed by atoms with Crippen molar-refractivity contribution in [3.63, 3.8) is 0 Å². The number of hydrogen-bond donors (Lipinski definition) is 0. The van der Waals surface area contributed by atoms with Gasteiger partial charge >= 0.3 is 0 Å². The number of nitrogens with zero attached hydrogens (tertiary/aromatic N) is 2. The Bertz CT molecular complexity index is 743. The highest BCUT2D eigenvalue weighted by Gasteiger charge is 2.22. The molecule has 3 rings (SSSR count). The lowest BCUT2D eigenvalue weighted by molar-refractivity contribution is 0.414. The topological polar surface area (TPSA) is 44.1 Å². The van der Waals surface area contributed by atoms with Gasteiger partial charge in [-0.05, 0) is 18.6 Å². The number of benzene rings is 1. The summed E-state index contributed by atoms with van der Waals surface area (Å²) in [7, 11) is 1.63. The standard InChI is InChI=1S/C16H18N2O2S2/c1-3-8-22-16-17-13-7-9-21-14(13)15(19)18(16)11-5-4-6-12(10-11)20-2/h4-6,10H,3,7-9H2,1-2H3. The number of fused-ring (bicyclic) bond motifs is 1. The molecule has 116 valence electrons. The summed E-state index contributed by atoms with van der Waals surface area (Å²) < 4.78 is 7.00. The van der Waals surface area contributed by atoms with Crippen molar-refractivity contribution < 1.29 is 4.74 Å². The lowest BCUT2D eigenvalue weighted by Crippen LogP contribution is -2.23. The molecule has 0 amide bonds. The van der Waals surface area contributed by atoms with Crippen LogP contribution in [0.4, 0.5) is 0 Å². The van der Waals surface area contributed by atoms with Gasteiger partial charge in [0.1, 0.15) is 5.75 Å². The normalized spacial score (nSPS) is 13.2. The van der Waals surface area contributed by atoms with Crippen molar-refractivity contribution in [2.45, 2.75) is 29.8 Å². The second-order valence-electron chi connectivity index (χ2n) is 4.96. The summed E-state index contributed by atoms with van der Waals surface area (Å²) in [6.07, 6.45) is 1.93. The summed E-state index contributed by atoms with van der Waals surface area (Å²) in [4.78, 5) is 18.4. The average Bonchev–Trinajstić information content (AvgIpc) is 3.02. The number of hydrogen-bond acceptors (Lipinski definition) is 5. The second-order valence-corrected chi connectivity index (χ2v) is 7.13. The Morgan fingerprint density at radius 2 is 2.32 bits per heavy atom. The number of ether oxygens (including phenoxy) is 1. The summed E-state index contributed by atoms with van der Waals surface area (Å²) in [5.41, 5.74) is 1.80. The van der Waals surface area contributed by atoms with Gasteiger partial charge in [-0.1, -0.05) is 24.8 Å². The Kier molecular flexibility index (Phi) is 4.78. The predicted octanol–water partition coefficient (Wildman–Crippen LogP) is 3.39. The van der Waals surface area contributed by atoms with Crippen LogP contribution in [0.5, 0.6) is 5.75 Å². The van der Waals surface area contributed by atoms with Crippen molar-refractivity contribution in [2.75, 3.05) is 18.6 Å². The first-order chi connectivity index (χ1) is 10.7. The molecule has 0 saturated heterocycles. The Hall–Kier alpha value is -1.40. The molecular weight excluding hydrogens is 316 g/mol. The molecule has 1 aromatic heterocycles. The SMILES string of the molecule is CCCSc1nc2c(c(=O)n1-c1cccc(OC)c1)SCC2. The molecule has 0 fully saturated rings. The molecule has 6 heteroatoms. The highest BCUT2D eigenvalue weighted by molar-refractivity contribution is 7.99. The first-order valence-electron chi connectivity index (χ1n) is 7.30. The Balaban J connectivity index is 2.17. The molecule has 0 N–H and O–H groups in total. The van der Waals surface area contributed by atoms with Crippen LogP contribution in [-0.2, 0) is 6.42 Å². The molecule has 0 atom stereocenters. The van der Waals surface area contributed by atoms with Crippen molar-refractivity contribution >= 4 is 23.5 Å². The molecule has 1 aliphatic heterocycles. The van der Waals surface area contributed by atoms with Gasteiger partial charge in [0.2, 0.25) is 0 Å². The van der Waals surface area contributed by atoms with E-state index in [-0.39, 0.29) is 5.56 Å². The maximum Gasteiger partial charge on any atom is 0.272 e. The molecular formula is C16H18N2O2S2. The Morgan fingerprint density at radius 3 is 3.09 bits per heavy atom. The van der Waals surface area contributed by atoms with Gasteiger partial charge in [0, 0.05) is 24.0 Å². The van der Waals surface area contributed by atoms with E-state index in [4.69, 9.17) is 9.72 Å². The molecule has 4 nitrogen and oxygen atoms in total. The molecule has 1 aromatic carbocycles. The van der Waals surface area contributed by atoms with Gasteiger partial charge in [0.05, 0.1) is 23.4 Å². The molecule has 0 aliphatic carbocycles. The van der Waals surface area contributed by atoms with E-state index >= 15 is 0 Å². The van der Waals surface area contributed by atoms with Crippen molar-refractivity contribution in [1.29, 1.82) is 0 Å². The van der Waals surface area contributed by atoms with Crippen LogP contribution in [0.2, 0.25) is 0 Å². The van der Waals surface area contributed by atoms with Crippen LogP contribution >= 0.6 is 23.5 Å². The number of rotatable bonds is 5. The van der Waals surface area contributed by atoms with E-state index in [9.17, 15) is 4.79 Å². The molecule has 0 unspecified atom stereocenters. The smallest absolute Gasteiger partial charge is 0.272 e. The van der Waals surface area contributed by atoms with E-state index in [1.807, 2.05) is 24.3 Å². The molecule has 0 spiro atoms. The summed E-state index contributed by atoms with van der Waals surface area (Å²) in [6.45, 7) is 2.13. The van der Waals surface area contributed by atoms with E-state index in [2.05, 4.69) is 6.92 Å². The van der Waals surface area contributed by atoms with E-state index in [1.54, 1.807) is 35.2 Å². The predicted molar refractivity (Wildman–Crippen MR) is 91.8 cm³/mol. The maximum absolute atomic E-state index is 12.9. The second kappa shape index (κ2) is 6.79. The average molecular weight is 334 g/mol. The maximum atomic E-state index is 12.9. The minimum atomic E-state index is 0.0411. The van der Waals surface area contributed by atoms with Crippen molar-refractivity contribution in [2.24, 2.45) is 0 Å². The molecule has 22 heavy (non-hydrogen) atoms. The van der Waals surface area contributed by atoms with Gasteiger partial charge in [0.25, 0.3) is 5.56 Å².